The average Bonchev–Trinajstić information content (AvgIpc) is 2.40. The van der Waals surface area contributed by atoms with E-state index < -0.39 is 0 Å². The van der Waals surface area contributed by atoms with Crippen LogP contribution in [0.5, 0.6) is 0 Å². The molecule has 2 rings (SSSR count). The predicted molar refractivity (Wildman–Crippen MR) is 48.1 cm³/mol. The van der Waals surface area contributed by atoms with Crippen LogP contribution in [-0.4, -0.2) is 10.2 Å². The van der Waals surface area contributed by atoms with Gasteiger partial charge in [0.1, 0.15) is 0 Å². The molecule has 0 aliphatic heterocycles. The summed E-state index contributed by atoms with van der Waals surface area (Å²) >= 11 is 1.82. The molecule has 3 heteroatoms. The van der Waals surface area contributed by atoms with Gasteiger partial charge in [-0.05, 0) is 12.0 Å². The van der Waals surface area contributed by atoms with E-state index in [1.165, 1.54) is 15.1 Å². The zero-order chi connectivity index (χ0) is 7.84. The maximum Gasteiger partial charge on any atom is 0.0761 e. The molecule has 2 nitrogen and oxygen atoms in total. The zero-order valence-corrected chi connectivity index (χ0v) is 7.40. The molecule has 11 heavy (non-hydrogen) atoms. The maximum absolute atomic E-state index is 3.95. The molecule has 0 saturated carbocycles. The Labute approximate surface area is 69.2 Å². The molecule has 0 aromatic carbocycles. The third-order valence-electron chi connectivity index (χ3n) is 1.72. The fraction of sp³-hybridized carbons (Fsp3) is 0.375. The minimum absolute atomic E-state index is 0.626. The predicted octanol–water partition coefficient (Wildman–Crippen LogP) is 2.75. The van der Waals surface area contributed by atoms with E-state index in [0.29, 0.717) is 5.92 Å². The number of aromatic nitrogens is 2. The first kappa shape index (κ1) is 6.85. The Balaban J connectivity index is 2.58. The zero-order valence-electron chi connectivity index (χ0n) is 6.59. The van der Waals surface area contributed by atoms with Gasteiger partial charge in [0.2, 0.25) is 0 Å². The first-order valence-electron chi connectivity index (χ1n) is 3.70. The highest BCUT2D eigenvalue weighted by Crippen LogP contribution is 2.28. The van der Waals surface area contributed by atoms with Gasteiger partial charge >= 0.3 is 0 Å². The van der Waals surface area contributed by atoms with E-state index in [-0.39, 0.29) is 0 Å². The lowest BCUT2D eigenvalue weighted by Gasteiger charge is -1.96. The van der Waals surface area contributed by atoms with Crippen molar-refractivity contribution >= 4 is 21.6 Å². The Morgan fingerprint density at radius 3 is 3.00 bits per heavy atom. The molecule has 1 N–H and O–H groups in total. The maximum atomic E-state index is 3.95. The summed E-state index contributed by atoms with van der Waals surface area (Å²) in [6.45, 7) is 4.41. The van der Waals surface area contributed by atoms with Crippen LogP contribution >= 0.6 is 11.3 Å². The van der Waals surface area contributed by atoms with Crippen LogP contribution in [0.1, 0.15) is 24.6 Å². The third kappa shape index (κ3) is 1.05. The van der Waals surface area contributed by atoms with Crippen LogP contribution in [0.15, 0.2) is 12.3 Å². The molecule has 2 aromatic rings. The molecular formula is C8H10N2S. The Morgan fingerprint density at radius 1 is 1.55 bits per heavy atom. The normalized spacial score (nSPS) is 11.5. The molecular weight excluding hydrogens is 156 g/mol. The Morgan fingerprint density at radius 2 is 2.36 bits per heavy atom. The van der Waals surface area contributed by atoms with E-state index in [2.05, 4.69) is 30.1 Å². The molecule has 0 bridgehead atoms. The monoisotopic (exact) mass is 166 g/mol. The van der Waals surface area contributed by atoms with E-state index in [9.17, 15) is 0 Å². The van der Waals surface area contributed by atoms with Crippen molar-refractivity contribution in [3.63, 3.8) is 0 Å². The van der Waals surface area contributed by atoms with Crippen molar-refractivity contribution in [3.8, 4) is 0 Å². The molecule has 0 spiro atoms. The summed E-state index contributed by atoms with van der Waals surface area (Å²) in [5.41, 5.74) is 1.17. The number of thiophene rings is 1. The van der Waals surface area contributed by atoms with Gasteiger partial charge in [-0.25, -0.2) is 0 Å². The Hall–Kier alpha value is -0.830. The second-order valence-electron chi connectivity index (χ2n) is 2.95. The van der Waals surface area contributed by atoms with Crippen LogP contribution in [0.3, 0.4) is 0 Å². The lowest BCUT2D eigenvalue weighted by Crippen LogP contribution is -1.78. The van der Waals surface area contributed by atoms with Crippen LogP contribution in [0.25, 0.3) is 10.2 Å². The van der Waals surface area contributed by atoms with Crippen molar-refractivity contribution in [2.24, 2.45) is 0 Å². The van der Waals surface area contributed by atoms with Crippen LogP contribution in [0.2, 0.25) is 0 Å². The number of nitrogens with one attached hydrogen (secondary N) is 1. The number of fused-ring (bicyclic) bond motifs is 1. The van der Waals surface area contributed by atoms with Crippen molar-refractivity contribution in [2.45, 2.75) is 19.8 Å². The van der Waals surface area contributed by atoms with Crippen LogP contribution < -0.4 is 0 Å². The van der Waals surface area contributed by atoms with Crippen molar-refractivity contribution in [1.29, 1.82) is 0 Å². The highest BCUT2D eigenvalue weighted by atomic mass is 32.1. The average molecular weight is 166 g/mol. The number of rotatable bonds is 1. The largest absolute Gasteiger partial charge is 0.277 e. The van der Waals surface area contributed by atoms with Gasteiger partial charge in [0, 0.05) is 4.88 Å². The highest BCUT2D eigenvalue weighted by molar-refractivity contribution is 7.19. The first-order chi connectivity index (χ1) is 5.27. The van der Waals surface area contributed by atoms with Crippen LogP contribution in [0, 0.1) is 0 Å². The SMILES string of the molecule is CC(C)c1cc2[nH]ncc2s1. The van der Waals surface area contributed by atoms with Gasteiger partial charge in [-0.1, -0.05) is 13.8 Å². The summed E-state index contributed by atoms with van der Waals surface area (Å²) in [6, 6.07) is 2.18. The van der Waals surface area contributed by atoms with Crippen molar-refractivity contribution < 1.29 is 0 Å². The molecule has 0 radical (unpaired) electrons. The molecule has 0 fully saturated rings. The number of H-pyrrole nitrogens is 1. The molecule has 0 atom stereocenters. The van der Waals surface area contributed by atoms with Crippen LogP contribution in [0.4, 0.5) is 0 Å². The third-order valence-corrected chi connectivity index (χ3v) is 3.09. The van der Waals surface area contributed by atoms with E-state index in [4.69, 9.17) is 0 Å². The highest BCUT2D eigenvalue weighted by Gasteiger charge is 2.05. The smallest absolute Gasteiger partial charge is 0.0761 e. The van der Waals surface area contributed by atoms with Crippen molar-refractivity contribution in [2.75, 3.05) is 0 Å². The molecule has 0 aliphatic carbocycles. The number of aromatic amines is 1. The number of hydrogen-bond donors (Lipinski definition) is 1. The minimum atomic E-state index is 0.626. The van der Waals surface area contributed by atoms with Crippen molar-refractivity contribution in [1.82, 2.24) is 10.2 Å². The summed E-state index contributed by atoms with van der Waals surface area (Å²) in [6.07, 6.45) is 1.88. The first-order valence-corrected chi connectivity index (χ1v) is 4.52. The molecule has 0 aliphatic rings. The Kier molecular flexibility index (Phi) is 1.46. The summed E-state index contributed by atoms with van der Waals surface area (Å²) in [5, 5.41) is 6.90. The van der Waals surface area contributed by atoms with E-state index in [1.54, 1.807) is 0 Å². The summed E-state index contributed by atoms with van der Waals surface area (Å²) in [4.78, 5) is 1.42. The fourth-order valence-electron chi connectivity index (χ4n) is 1.05. The van der Waals surface area contributed by atoms with E-state index in [1.807, 2.05) is 17.5 Å². The fourth-order valence-corrected chi connectivity index (χ4v) is 2.04. The number of nitrogens with zero attached hydrogens (tertiary/aromatic N) is 1. The van der Waals surface area contributed by atoms with Gasteiger partial charge in [-0.3, -0.25) is 5.10 Å². The number of hydrogen-bond acceptors (Lipinski definition) is 2. The van der Waals surface area contributed by atoms with Gasteiger partial charge < -0.3 is 0 Å². The lowest BCUT2D eigenvalue weighted by atomic mass is 10.2. The van der Waals surface area contributed by atoms with Gasteiger partial charge in [0.25, 0.3) is 0 Å². The van der Waals surface area contributed by atoms with E-state index in [0.717, 1.165) is 0 Å². The van der Waals surface area contributed by atoms with Crippen LogP contribution in [-0.2, 0) is 0 Å². The quantitative estimate of drug-likeness (QED) is 0.693. The van der Waals surface area contributed by atoms with E-state index >= 15 is 0 Å². The van der Waals surface area contributed by atoms with Crippen molar-refractivity contribution in [3.05, 3.63) is 17.1 Å². The lowest BCUT2D eigenvalue weighted by molar-refractivity contribution is 0.890. The molecule has 2 heterocycles. The second-order valence-corrected chi connectivity index (χ2v) is 4.07. The molecule has 0 amide bonds. The molecule has 2 aromatic heterocycles. The van der Waals surface area contributed by atoms with Gasteiger partial charge in [0.15, 0.2) is 0 Å². The molecule has 58 valence electrons. The molecule has 0 unspecified atom stereocenters. The Bertz CT molecular complexity index is 330. The summed E-state index contributed by atoms with van der Waals surface area (Å²) in [7, 11) is 0. The van der Waals surface area contributed by atoms with Gasteiger partial charge in [0.05, 0.1) is 16.4 Å². The van der Waals surface area contributed by atoms with Gasteiger partial charge in [-0.15, -0.1) is 11.3 Å². The molecule has 0 saturated heterocycles. The second kappa shape index (κ2) is 2.34. The standard InChI is InChI=1S/C8H10N2S/c1-5(2)7-3-6-8(11-7)4-9-10-6/h3-5H,1-2H3,(H,9,10). The van der Waals surface area contributed by atoms with Gasteiger partial charge in [-0.2, -0.15) is 5.10 Å². The summed E-state index contributed by atoms with van der Waals surface area (Å²) in [5.74, 6) is 0.626. The summed E-state index contributed by atoms with van der Waals surface area (Å²) < 4.78 is 1.26. The minimum Gasteiger partial charge on any atom is -0.277 e. The topological polar surface area (TPSA) is 28.7 Å².